The van der Waals surface area contributed by atoms with Crippen LogP contribution < -0.4 is 5.73 Å². The molecule has 3 nitrogen and oxygen atoms in total. The number of ether oxygens (including phenoxy) is 1. The second-order valence-electron chi connectivity index (χ2n) is 6.08. The Morgan fingerprint density at radius 1 is 1.26 bits per heavy atom. The molecule has 0 aliphatic heterocycles. The number of rotatable bonds is 4. The van der Waals surface area contributed by atoms with Crippen molar-refractivity contribution in [3.8, 4) is 0 Å². The minimum absolute atomic E-state index is 0.0227. The summed E-state index contributed by atoms with van der Waals surface area (Å²) in [7, 11) is 0. The quantitative estimate of drug-likeness (QED) is 0.853. The summed E-state index contributed by atoms with van der Waals surface area (Å²) in [6.45, 7) is 2.12. The highest BCUT2D eigenvalue weighted by Gasteiger charge is 2.33. The van der Waals surface area contributed by atoms with Crippen LogP contribution in [0.1, 0.15) is 49.7 Å². The van der Waals surface area contributed by atoms with Crippen LogP contribution in [0.25, 0.3) is 0 Å². The summed E-state index contributed by atoms with van der Waals surface area (Å²) < 4.78 is 42.9. The lowest BCUT2D eigenvalue weighted by Gasteiger charge is -2.34. The van der Waals surface area contributed by atoms with E-state index in [-0.39, 0.29) is 23.8 Å². The Hall–Kier alpha value is -1.56. The smallest absolute Gasteiger partial charge is 0.416 e. The van der Waals surface area contributed by atoms with Crippen molar-refractivity contribution in [2.24, 2.45) is 11.7 Å². The number of hydrogen-bond donors (Lipinski definition) is 1. The first-order chi connectivity index (χ1) is 10.8. The number of nitrogens with two attached hydrogens (primary N) is 1. The van der Waals surface area contributed by atoms with Gasteiger partial charge in [-0.15, -0.1) is 0 Å². The van der Waals surface area contributed by atoms with E-state index in [0.29, 0.717) is 19.4 Å². The molecule has 0 amide bonds. The Morgan fingerprint density at radius 2 is 1.91 bits per heavy atom. The summed E-state index contributed by atoms with van der Waals surface area (Å²) in [6.07, 6.45) is -1.68. The highest BCUT2D eigenvalue weighted by Crippen LogP contribution is 2.38. The Bertz CT molecular complexity index is 528. The van der Waals surface area contributed by atoms with Crippen molar-refractivity contribution in [1.82, 2.24) is 0 Å². The average Bonchev–Trinajstić information content (AvgIpc) is 2.49. The fourth-order valence-electron chi connectivity index (χ4n) is 3.22. The highest BCUT2D eigenvalue weighted by atomic mass is 19.4. The van der Waals surface area contributed by atoms with Crippen LogP contribution >= 0.6 is 0 Å². The largest absolute Gasteiger partial charge is 0.466 e. The number of hydrogen-bond acceptors (Lipinski definition) is 3. The molecular weight excluding hydrogens is 307 g/mol. The number of benzene rings is 1. The van der Waals surface area contributed by atoms with Crippen LogP contribution in [0, 0.1) is 5.92 Å². The Kier molecular flexibility index (Phi) is 5.68. The fraction of sp³-hybridized carbons (Fsp3) is 0.588. The van der Waals surface area contributed by atoms with Crippen molar-refractivity contribution in [2.45, 2.75) is 50.7 Å². The molecule has 0 saturated heterocycles. The van der Waals surface area contributed by atoms with Gasteiger partial charge in [-0.1, -0.05) is 12.1 Å². The van der Waals surface area contributed by atoms with Gasteiger partial charge in [0.2, 0.25) is 0 Å². The summed E-state index contributed by atoms with van der Waals surface area (Å²) >= 11 is 0. The van der Waals surface area contributed by atoms with Crippen LogP contribution in [0.2, 0.25) is 0 Å². The minimum atomic E-state index is -4.33. The molecule has 0 aromatic heterocycles. The van der Waals surface area contributed by atoms with Gasteiger partial charge in [0.1, 0.15) is 0 Å². The summed E-state index contributed by atoms with van der Waals surface area (Å²) in [4.78, 5) is 11.6. The molecule has 0 radical (unpaired) electrons. The third-order valence-electron chi connectivity index (χ3n) is 4.44. The normalized spacial score (nSPS) is 25.2. The van der Waals surface area contributed by atoms with Gasteiger partial charge >= 0.3 is 12.1 Å². The van der Waals surface area contributed by atoms with Crippen LogP contribution in [-0.2, 0) is 15.7 Å². The summed E-state index contributed by atoms with van der Waals surface area (Å²) in [5.41, 5.74) is 6.29. The van der Waals surface area contributed by atoms with Gasteiger partial charge in [-0.05, 0) is 55.7 Å². The Balaban J connectivity index is 2.06. The molecule has 6 heteroatoms. The van der Waals surface area contributed by atoms with E-state index in [9.17, 15) is 18.0 Å². The summed E-state index contributed by atoms with van der Waals surface area (Å²) in [6, 6.07) is 5.10. The maximum atomic E-state index is 12.6. The molecule has 1 fully saturated rings. The van der Waals surface area contributed by atoms with Gasteiger partial charge in [0, 0.05) is 12.5 Å². The first-order valence-corrected chi connectivity index (χ1v) is 7.89. The lowest BCUT2D eigenvalue weighted by molar-refractivity contribution is -0.144. The number of carbonyl (C=O) groups is 1. The average molecular weight is 329 g/mol. The van der Waals surface area contributed by atoms with Gasteiger partial charge in [0.25, 0.3) is 0 Å². The van der Waals surface area contributed by atoms with Gasteiger partial charge in [-0.3, -0.25) is 4.79 Å². The molecular formula is C17H22F3NO2. The van der Waals surface area contributed by atoms with E-state index in [2.05, 4.69) is 0 Å². The van der Waals surface area contributed by atoms with Crippen molar-refractivity contribution in [3.05, 3.63) is 35.4 Å². The molecule has 128 valence electrons. The summed E-state index contributed by atoms with van der Waals surface area (Å²) in [5, 5.41) is 0. The standard InChI is InChI=1S/C17H22F3NO2/c1-2-23-16(22)10-11-3-8-15(21)14(9-11)12-4-6-13(7-5-12)17(18,19)20/h4-7,11,14-15H,2-3,8-10,21H2,1H3. The van der Waals surface area contributed by atoms with E-state index < -0.39 is 11.7 Å². The molecule has 1 aromatic carbocycles. The van der Waals surface area contributed by atoms with E-state index >= 15 is 0 Å². The van der Waals surface area contributed by atoms with Gasteiger partial charge < -0.3 is 10.5 Å². The molecule has 0 spiro atoms. The first-order valence-electron chi connectivity index (χ1n) is 7.89. The molecule has 1 aliphatic rings. The molecule has 1 aromatic rings. The molecule has 3 atom stereocenters. The zero-order valence-corrected chi connectivity index (χ0v) is 13.1. The second kappa shape index (κ2) is 7.34. The van der Waals surface area contributed by atoms with Gasteiger partial charge in [0.15, 0.2) is 0 Å². The topological polar surface area (TPSA) is 52.3 Å². The lowest BCUT2D eigenvalue weighted by atomic mass is 9.74. The maximum absolute atomic E-state index is 12.6. The van der Waals surface area contributed by atoms with Gasteiger partial charge in [-0.25, -0.2) is 0 Å². The molecule has 3 unspecified atom stereocenters. The molecule has 23 heavy (non-hydrogen) atoms. The molecule has 2 N–H and O–H groups in total. The van der Waals surface area contributed by atoms with Gasteiger partial charge in [0.05, 0.1) is 12.2 Å². The Morgan fingerprint density at radius 3 is 2.48 bits per heavy atom. The monoisotopic (exact) mass is 329 g/mol. The summed E-state index contributed by atoms with van der Waals surface area (Å²) in [5.74, 6) is -0.0780. The highest BCUT2D eigenvalue weighted by molar-refractivity contribution is 5.69. The predicted octanol–water partition coefficient (Wildman–Crippen LogP) is 3.87. The number of esters is 1. The Labute approximate surface area is 134 Å². The molecule has 0 bridgehead atoms. The van der Waals surface area contributed by atoms with E-state index in [0.717, 1.165) is 30.5 Å². The van der Waals surface area contributed by atoms with Crippen molar-refractivity contribution >= 4 is 5.97 Å². The van der Waals surface area contributed by atoms with Crippen LogP contribution in [0.4, 0.5) is 13.2 Å². The van der Waals surface area contributed by atoms with Crippen LogP contribution in [0.5, 0.6) is 0 Å². The third kappa shape index (κ3) is 4.70. The SMILES string of the molecule is CCOC(=O)CC1CCC(N)C(c2ccc(C(F)(F)F)cc2)C1. The molecule has 1 saturated carbocycles. The minimum Gasteiger partial charge on any atom is -0.466 e. The molecule has 2 rings (SSSR count). The van der Waals surface area contributed by atoms with E-state index in [1.54, 1.807) is 6.92 Å². The zero-order chi connectivity index (χ0) is 17.0. The van der Waals surface area contributed by atoms with E-state index in [4.69, 9.17) is 10.5 Å². The fourth-order valence-corrected chi connectivity index (χ4v) is 3.22. The predicted molar refractivity (Wildman–Crippen MR) is 80.8 cm³/mol. The van der Waals surface area contributed by atoms with E-state index in [1.807, 2.05) is 0 Å². The van der Waals surface area contributed by atoms with Crippen LogP contribution in [0.3, 0.4) is 0 Å². The van der Waals surface area contributed by atoms with Crippen LogP contribution in [0.15, 0.2) is 24.3 Å². The molecule has 0 heterocycles. The van der Waals surface area contributed by atoms with Crippen molar-refractivity contribution in [1.29, 1.82) is 0 Å². The number of alkyl halides is 3. The van der Waals surface area contributed by atoms with Crippen molar-refractivity contribution < 1.29 is 22.7 Å². The molecule has 1 aliphatic carbocycles. The first kappa shape index (κ1) is 17.8. The number of carbonyl (C=O) groups excluding carboxylic acids is 1. The van der Waals surface area contributed by atoms with E-state index in [1.165, 1.54) is 12.1 Å². The second-order valence-corrected chi connectivity index (χ2v) is 6.08. The zero-order valence-electron chi connectivity index (χ0n) is 13.1. The third-order valence-corrected chi connectivity index (χ3v) is 4.44. The van der Waals surface area contributed by atoms with Crippen molar-refractivity contribution in [2.75, 3.05) is 6.61 Å². The number of halogens is 3. The van der Waals surface area contributed by atoms with Crippen molar-refractivity contribution in [3.63, 3.8) is 0 Å². The maximum Gasteiger partial charge on any atom is 0.416 e. The van der Waals surface area contributed by atoms with Gasteiger partial charge in [-0.2, -0.15) is 13.2 Å². The lowest BCUT2D eigenvalue weighted by Crippen LogP contribution is -2.35. The van der Waals surface area contributed by atoms with Crippen LogP contribution in [-0.4, -0.2) is 18.6 Å².